The van der Waals surface area contributed by atoms with E-state index in [-0.39, 0.29) is 6.10 Å². The third kappa shape index (κ3) is 2.93. The van der Waals surface area contributed by atoms with Gasteiger partial charge < -0.3 is 14.7 Å². The molecule has 0 aliphatic heterocycles. The second-order valence-electron chi connectivity index (χ2n) is 5.77. The lowest BCUT2D eigenvalue weighted by Gasteiger charge is -2.23. The molecule has 1 aromatic heterocycles. The number of aliphatic hydroxyl groups excluding tert-OH is 1. The first kappa shape index (κ1) is 14.1. The van der Waals surface area contributed by atoms with Crippen LogP contribution in [0.15, 0.2) is 18.2 Å². The molecular weight excluding hydrogens is 266 g/mol. The Kier molecular flexibility index (Phi) is 3.68. The van der Waals surface area contributed by atoms with Crippen LogP contribution in [0.25, 0.3) is 11.0 Å². The van der Waals surface area contributed by atoms with Gasteiger partial charge in [0.05, 0.1) is 29.9 Å². The third-order valence-electron chi connectivity index (χ3n) is 4.01. The van der Waals surface area contributed by atoms with Crippen LogP contribution in [0.1, 0.15) is 18.5 Å². The number of ether oxygens (including phenoxy) is 1. The molecule has 21 heavy (non-hydrogen) atoms. The van der Waals surface area contributed by atoms with Gasteiger partial charge in [0.15, 0.2) is 5.82 Å². The van der Waals surface area contributed by atoms with E-state index in [4.69, 9.17) is 4.74 Å². The van der Waals surface area contributed by atoms with Gasteiger partial charge in [-0.1, -0.05) is 0 Å². The summed E-state index contributed by atoms with van der Waals surface area (Å²) in [5.41, 5.74) is 2.53. The largest absolute Gasteiger partial charge is 0.497 e. The van der Waals surface area contributed by atoms with Crippen LogP contribution in [-0.4, -0.2) is 41.9 Å². The van der Waals surface area contributed by atoms with E-state index in [0.717, 1.165) is 41.1 Å². The van der Waals surface area contributed by atoms with E-state index in [1.54, 1.807) is 7.11 Å². The molecule has 1 aromatic carbocycles. The van der Waals surface area contributed by atoms with Crippen LogP contribution in [0.5, 0.6) is 5.75 Å². The fraction of sp³-hybridized carbons (Fsp3) is 0.500. The van der Waals surface area contributed by atoms with Gasteiger partial charge in [-0.2, -0.15) is 0 Å². The Hall–Kier alpha value is -1.88. The molecule has 0 spiro atoms. The van der Waals surface area contributed by atoms with Crippen LogP contribution >= 0.6 is 0 Å². The van der Waals surface area contributed by atoms with Crippen LogP contribution in [0.3, 0.4) is 0 Å². The van der Waals surface area contributed by atoms with Crippen molar-refractivity contribution in [3.8, 4) is 5.75 Å². The number of fused-ring (bicyclic) bond motifs is 1. The SMILES string of the molecule is COc1ccc2nc(N(C)CC(O)C3CC3)c(C)nc2c1. The van der Waals surface area contributed by atoms with Crippen molar-refractivity contribution in [2.24, 2.45) is 5.92 Å². The Morgan fingerprint density at radius 1 is 1.33 bits per heavy atom. The van der Waals surface area contributed by atoms with Crippen molar-refractivity contribution < 1.29 is 9.84 Å². The van der Waals surface area contributed by atoms with Gasteiger partial charge in [-0.15, -0.1) is 0 Å². The summed E-state index contributed by atoms with van der Waals surface area (Å²) in [5, 5.41) is 10.1. The molecule has 1 aliphatic carbocycles. The monoisotopic (exact) mass is 287 g/mol. The number of aromatic nitrogens is 2. The predicted octanol–water partition coefficient (Wildman–Crippen LogP) is 2.15. The second-order valence-corrected chi connectivity index (χ2v) is 5.77. The summed E-state index contributed by atoms with van der Waals surface area (Å²) >= 11 is 0. The van der Waals surface area contributed by atoms with E-state index in [9.17, 15) is 5.11 Å². The average Bonchev–Trinajstić information content (AvgIpc) is 3.30. The Bertz CT molecular complexity index is 655. The number of nitrogens with zero attached hydrogens (tertiary/aromatic N) is 3. The second kappa shape index (κ2) is 5.48. The minimum absolute atomic E-state index is 0.275. The molecule has 5 nitrogen and oxygen atoms in total. The average molecular weight is 287 g/mol. The fourth-order valence-corrected chi connectivity index (χ4v) is 2.60. The fourth-order valence-electron chi connectivity index (χ4n) is 2.60. The molecule has 112 valence electrons. The molecule has 1 saturated carbocycles. The first-order chi connectivity index (χ1) is 10.1. The van der Waals surface area contributed by atoms with Crippen molar-refractivity contribution in [2.45, 2.75) is 25.9 Å². The molecule has 1 aliphatic rings. The standard InChI is InChI=1S/C16H21N3O2/c1-10-16(19(2)9-15(20)11-4-5-11)18-13-7-6-12(21-3)8-14(13)17-10/h6-8,11,15,20H,4-5,9H2,1-3H3. The van der Waals surface area contributed by atoms with Crippen LogP contribution in [0.2, 0.25) is 0 Å². The van der Waals surface area contributed by atoms with E-state index in [2.05, 4.69) is 9.97 Å². The maximum Gasteiger partial charge on any atom is 0.150 e. The quantitative estimate of drug-likeness (QED) is 0.913. The highest BCUT2D eigenvalue weighted by Crippen LogP contribution is 2.33. The Morgan fingerprint density at radius 2 is 2.10 bits per heavy atom. The van der Waals surface area contributed by atoms with Crippen molar-refractivity contribution >= 4 is 16.9 Å². The number of aliphatic hydroxyl groups is 1. The van der Waals surface area contributed by atoms with E-state index in [1.807, 2.05) is 37.1 Å². The lowest BCUT2D eigenvalue weighted by atomic mass is 10.2. The molecule has 1 fully saturated rings. The molecule has 1 N–H and O–H groups in total. The number of benzene rings is 1. The number of hydrogen-bond donors (Lipinski definition) is 1. The number of hydrogen-bond acceptors (Lipinski definition) is 5. The summed E-state index contributed by atoms with van der Waals surface area (Å²) in [7, 11) is 3.60. The summed E-state index contributed by atoms with van der Waals surface area (Å²) < 4.78 is 5.21. The van der Waals surface area contributed by atoms with Gasteiger partial charge in [-0.25, -0.2) is 9.97 Å². The zero-order valence-electron chi connectivity index (χ0n) is 12.7. The molecule has 0 amide bonds. The maximum atomic E-state index is 10.1. The van der Waals surface area contributed by atoms with Gasteiger partial charge in [0.1, 0.15) is 5.75 Å². The number of methoxy groups -OCH3 is 1. The van der Waals surface area contributed by atoms with Gasteiger partial charge in [-0.3, -0.25) is 0 Å². The number of aryl methyl sites for hydroxylation is 1. The Labute approximate surface area is 124 Å². The normalized spacial score (nSPS) is 16.0. The molecule has 2 aromatic rings. The minimum atomic E-state index is -0.275. The lowest BCUT2D eigenvalue weighted by Crippen LogP contribution is -2.31. The van der Waals surface area contributed by atoms with Crippen molar-refractivity contribution in [1.82, 2.24) is 9.97 Å². The van der Waals surface area contributed by atoms with Crippen LogP contribution in [0.4, 0.5) is 5.82 Å². The molecule has 3 rings (SSSR count). The number of anilines is 1. The molecule has 1 unspecified atom stereocenters. The van der Waals surface area contributed by atoms with Gasteiger partial charge in [0, 0.05) is 19.7 Å². The van der Waals surface area contributed by atoms with Crippen molar-refractivity contribution in [2.75, 3.05) is 25.6 Å². The molecule has 5 heteroatoms. The van der Waals surface area contributed by atoms with E-state index in [0.29, 0.717) is 12.5 Å². The highest BCUT2D eigenvalue weighted by molar-refractivity contribution is 5.78. The van der Waals surface area contributed by atoms with Crippen LogP contribution in [-0.2, 0) is 0 Å². The summed E-state index contributed by atoms with van der Waals surface area (Å²) in [6.07, 6.45) is 2.00. The highest BCUT2D eigenvalue weighted by Gasteiger charge is 2.30. The first-order valence-corrected chi connectivity index (χ1v) is 7.30. The molecule has 1 heterocycles. The molecular formula is C16H21N3O2. The molecule has 0 radical (unpaired) electrons. The minimum Gasteiger partial charge on any atom is -0.497 e. The predicted molar refractivity (Wildman–Crippen MR) is 82.8 cm³/mol. The summed E-state index contributed by atoms with van der Waals surface area (Å²) in [5.74, 6) is 2.07. The smallest absolute Gasteiger partial charge is 0.150 e. The van der Waals surface area contributed by atoms with E-state index >= 15 is 0 Å². The Morgan fingerprint density at radius 3 is 2.76 bits per heavy atom. The highest BCUT2D eigenvalue weighted by atomic mass is 16.5. The van der Waals surface area contributed by atoms with Gasteiger partial charge in [0.2, 0.25) is 0 Å². The van der Waals surface area contributed by atoms with Crippen molar-refractivity contribution in [3.05, 3.63) is 23.9 Å². The van der Waals surface area contributed by atoms with E-state index in [1.165, 1.54) is 0 Å². The molecule has 1 atom stereocenters. The molecule has 0 saturated heterocycles. The zero-order chi connectivity index (χ0) is 15.0. The summed E-state index contributed by atoms with van der Waals surface area (Å²) in [6.45, 7) is 2.54. The van der Waals surface area contributed by atoms with Crippen LogP contribution in [0, 0.1) is 12.8 Å². The maximum absolute atomic E-state index is 10.1. The van der Waals surface area contributed by atoms with Crippen LogP contribution < -0.4 is 9.64 Å². The summed E-state index contributed by atoms with van der Waals surface area (Å²) in [6, 6.07) is 5.68. The number of likely N-dealkylation sites (N-methyl/N-ethyl adjacent to an activating group) is 1. The summed E-state index contributed by atoms with van der Waals surface area (Å²) in [4.78, 5) is 11.3. The lowest BCUT2D eigenvalue weighted by molar-refractivity contribution is 0.158. The van der Waals surface area contributed by atoms with Gasteiger partial charge in [-0.05, 0) is 37.8 Å². The topological polar surface area (TPSA) is 58.5 Å². The third-order valence-corrected chi connectivity index (χ3v) is 4.01. The van der Waals surface area contributed by atoms with Crippen molar-refractivity contribution in [3.63, 3.8) is 0 Å². The number of rotatable bonds is 5. The van der Waals surface area contributed by atoms with E-state index < -0.39 is 0 Å². The van der Waals surface area contributed by atoms with Gasteiger partial charge >= 0.3 is 0 Å². The molecule has 0 bridgehead atoms. The first-order valence-electron chi connectivity index (χ1n) is 7.30. The zero-order valence-corrected chi connectivity index (χ0v) is 12.7. The van der Waals surface area contributed by atoms with Gasteiger partial charge in [0.25, 0.3) is 0 Å². The Balaban J connectivity index is 1.88. The van der Waals surface area contributed by atoms with Crippen molar-refractivity contribution in [1.29, 1.82) is 0 Å².